The highest BCUT2D eigenvalue weighted by atomic mass is 16.3. The van der Waals surface area contributed by atoms with Crippen molar-refractivity contribution >= 4 is 11.5 Å². The van der Waals surface area contributed by atoms with Gasteiger partial charge in [-0.25, -0.2) is 4.79 Å². The molecule has 4 N–H and O–H groups in total. The third kappa shape index (κ3) is 3.04. The minimum Gasteiger partial charge on any atom is -0.394 e. The number of anilines is 2. The zero-order valence-corrected chi connectivity index (χ0v) is 12.5. The van der Waals surface area contributed by atoms with Crippen LogP contribution in [0.5, 0.6) is 0 Å². The van der Waals surface area contributed by atoms with E-state index in [4.69, 9.17) is 5.73 Å². The van der Waals surface area contributed by atoms with Crippen LogP contribution in [0.25, 0.3) is 0 Å². The molecule has 0 aliphatic rings. The predicted octanol–water partition coefficient (Wildman–Crippen LogP) is -0.0320. The standard InChI is InChI=1S/C13H24N4O3/c1-5-6-17-11(14)10(12(19)16(4)13(17)20)15-9(7-18)8(2)3/h8-9,15,18H,5-7,14H2,1-4H3. The first-order valence-corrected chi connectivity index (χ1v) is 6.81. The van der Waals surface area contributed by atoms with Gasteiger partial charge in [0, 0.05) is 13.6 Å². The molecule has 20 heavy (non-hydrogen) atoms. The lowest BCUT2D eigenvalue weighted by Crippen LogP contribution is -2.43. The first-order valence-electron chi connectivity index (χ1n) is 6.81. The van der Waals surface area contributed by atoms with Gasteiger partial charge in [0.1, 0.15) is 11.5 Å². The van der Waals surface area contributed by atoms with E-state index in [9.17, 15) is 14.7 Å². The van der Waals surface area contributed by atoms with E-state index in [1.807, 2.05) is 20.8 Å². The first kappa shape index (κ1) is 16.3. The van der Waals surface area contributed by atoms with Gasteiger partial charge in [-0.3, -0.25) is 13.9 Å². The van der Waals surface area contributed by atoms with Crippen LogP contribution in [-0.2, 0) is 13.6 Å². The Morgan fingerprint density at radius 1 is 1.35 bits per heavy atom. The molecule has 1 atom stereocenters. The van der Waals surface area contributed by atoms with Crippen LogP contribution in [0.3, 0.4) is 0 Å². The topological polar surface area (TPSA) is 102 Å². The Morgan fingerprint density at radius 3 is 2.40 bits per heavy atom. The number of hydrogen-bond donors (Lipinski definition) is 3. The summed E-state index contributed by atoms with van der Waals surface area (Å²) in [7, 11) is 1.42. The van der Waals surface area contributed by atoms with E-state index in [0.29, 0.717) is 6.54 Å². The zero-order valence-electron chi connectivity index (χ0n) is 12.5. The van der Waals surface area contributed by atoms with Gasteiger partial charge in [-0.2, -0.15) is 0 Å². The molecule has 114 valence electrons. The largest absolute Gasteiger partial charge is 0.394 e. The quantitative estimate of drug-likeness (QED) is 0.680. The van der Waals surface area contributed by atoms with Crippen LogP contribution in [0.1, 0.15) is 27.2 Å². The summed E-state index contributed by atoms with van der Waals surface area (Å²) in [5, 5.41) is 12.3. The van der Waals surface area contributed by atoms with Crippen molar-refractivity contribution in [2.75, 3.05) is 17.7 Å². The molecule has 1 unspecified atom stereocenters. The zero-order chi connectivity index (χ0) is 15.4. The monoisotopic (exact) mass is 284 g/mol. The molecule has 0 aromatic carbocycles. The Kier molecular flexibility index (Phi) is 5.38. The van der Waals surface area contributed by atoms with E-state index in [-0.39, 0.29) is 30.1 Å². The molecule has 0 aliphatic heterocycles. The molecule has 1 rings (SSSR count). The van der Waals surface area contributed by atoms with Crippen molar-refractivity contribution in [2.24, 2.45) is 13.0 Å². The normalized spacial score (nSPS) is 12.7. The predicted molar refractivity (Wildman–Crippen MR) is 80.0 cm³/mol. The van der Waals surface area contributed by atoms with Crippen LogP contribution in [0, 0.1) is 5.92 Å². The lowest BCUT2D eigenvalue weighted by atomic mass is 10.1. The summed E-state index contributed by atoms with van der Waals surface area (Å²) in [6.07, 6.45) is 0.732. The third-order valence-corrected chi connectivity index (χ3v) is 3.36. The molecule has 1 aromatic heterocycles. The van der Waals surface area contributed by atoms with Gasteiger partial charge >= 0.3 is 5.69 Å². The van der Waals surface area contributed by atoms with Crippen molar-refractivity contribution < 1.29 is 5.11 Å². The van der Waals surface area contributed by atoms with Crippen LogP contribution in [0.4, 0.5) is 11.5 Å². The number of nitrogens with two attached hydrogens (primary N) is 1. The molecular weight excluding hydrogens is 260 g/mol. The van der Waals surface area contributed by atoms with E-state index in [2.05, 4.69) is 5.32 Å². The molecule has 0 fully saturated rings. The van der Waals surface area contributed by atoms with E-state index in [1.54, 1.807) is 0 Å². The van der Waals surface area contributed by atoms with Gasteiger partial charge in [-0.15, -0.1) is 0 Å². The summed E-state index contributed by atoms with van der Waals surface area (Å²) in [5.74, 6) is 0.245. The number of nitrogens with one attached hydrogen (secondary N) is 1. The Morgan fingerprint density at radius 2 is 1.95 bits per heavy atom. The van der Waals surface area contributed by atoms with Gasteiger partial charge in [0.25, 0.3) is 5.56 Å². The molecule has 0 saturated carbocycles. The van der Waals surface area contributed by atoms with Crippen molar-refractivity contribution in [3.8, 4) is 0 Å². The number of aliphatic hydroxyl groups is 1. The number of rotatable bonds is 6. The van der Waals surface area contributed by atoms with Gasteiger partial charge in [-0.1, -0.05) is 20.8 Å². The second kappa shape index (κ2) is 6.60. The van der Waals surface area contributed by atoms with Gasteiger partial charge in [0.2, 0.25) is 0 Å². The molecule has 7 nitrogen and oxygen atoms in total. The SMILES string of the molecule is CCCn1c(N)c(NC(CO)C(C)C)c(=O)n(C)c1=O. The molecule has 0 spiro atoms. The smallest absolute Gasteiger partial charge is 0.332 e. The highest BCUT2D eigenvalue weighted by molar-refractivity contribution is 5.61. The maximum absolute atomic E-state index is 12.2. The Bertz CT molecular complexity index is 574. The lowest BCUT2D eigenvalue weighted by Gasteiger charge is -2.23. The van der Waals surface area contributed by atoms with Crippen molar-refractivity contribution in [3.63, 3.8) is 0 Å². The van der Waals surface area contributed by atoms with Crippen LogP contribution >= 0.6 is 0 Å². The molecule has 1 heterocycles. The fourth-order valence-corrected chi connectivity index (χ4v) is 1.97. The Labute approximate surface area is 118 Å². The third-order valence-electron chi connectivity index (χ3n) is 3.36. The fourth-order valence-electron chi connectivity index (χ4n) is 1.97. The summed E-state index contributed by atoms with van der Waals surface area (Å²) in [6.45, 7) is 6.11. The minimum atomic E-state index is -0.473. The van der Waals surface area contributed by atoms with Gasteiger partial charge in [0.15, 0.2) is 0 Å². The minimum absolute atomic E-state index is 0.118. The summed E-state index contributed by atoms with van der Waals surface area (Å²) >= 11 is 0. The summed E-state index contributed by atoms with van der Waals surface area (Å²) < 4.78 is 2.40. The summed E-state index contributed by atoms with van der Waals surface area (Å²) in [6, 6.07) is -0.294. The van der Waals surface area contributed by atoms with Crippen LogP contribution in [-0.4, -0.2) is 26.9 Å². The number of hydrogen-bond acceptors (Lipinski definition) is 5. The molecule has 0 radical (unpaired) electrons. The maximum Gasteiger partial charge on any atom is 0.332 e. The lowest BCUT2D eigenvalue weighted by molar-refractivity contribution is 0.249. The van der Waals surface area contributed by atoms with Crippen LogP contribution < -0.4 is 22.3 Å². The summed E-state index contributed by atoms with van der Waals surface area (Å²) in [4.78, 5) is 24.2. The number of nitrogens with zero attached hydrogens (tertiary/aromatic N) is 2. The Balaban J connectivity index is 3.39. The molecule has 1 aromatic rings. The Hall–Kier alpha value is -1.76. The highest BCUT2D eigenvalue weighted by Gasteiger charge is 2.19. The molecule has 0 saturated heterocycles. The van der Waals surface area contributed by atoms with Crippen molar-refractivity contribution in [2.45, 2.75) is 39.8 Å². The average Bonchev–Trinajstić information content (AvgIpc) is 2.41. The van der Waals surface area contributed by atoms with Gasteiger partial charge in [-0.05, 0) is 12.3 Å². The molecular formula is C13H24N4O3. The first-order chi connectivity index (χ1) is 9.34. The molecule has 0 bridgehead atoms. The van der Waals surface area contributed by atoms with Crippen LogP contribution in [0.2, 0.25) is 0 Å². The highest BCUT2D eigenvalue weighted by Crippen LogP contribution is 2.15. The second-order valence-electron chi connectivity index (χ2n) is 5.24. The molecule has 0 amide bonds. The van der Waals surface area contributed by atoms with E-state index < -0.39 is 11.2 Å². The summed E-state index contributed by atoms with van der Waals surface area (Å²) in [5.41, 5.74) is 5.22. The second-order valence-corrected chi connectivity index (χ2v) is 5.24. The molecule has 0 aliphatic carbocycles. The number of nitrogen functional groups attached to an aromatic ring is 1. The maximum atomic E-state index is 12.2. The van der Waals surface area contributed by atoms with E-state index >= 15 is 0 Å². The van der Waals surface area contributed by atoms with Crippen molar-refractivity contribution in [1.29, 1.82) is 0 Å². The number of aliphatic hydroxyl groups excluding tert-OH is 1. The number of aromatic nitrogens is 2. The van der Waals surface area contributed by atoms with E-state index in [0.717, 1.165) is 11.0 Å². The van der Waals surface area contributed by atoms with Gasteiger partial charge < -0.3 is 16.2 Å². The van der Waals surface area contributed by atoms with Crippen molar-refractivity contribution in [3.05, 3.63) is 20.8 Å². The molecule has 7 heteroatoms. The average molecular weight is 284 g/mol. The fraction of sp³-hybridized carbons (Fsp3) is 0.692. The van der Waals surface area contributed by atoms with Crippen molar-refractivity contribution in [1.82, 2.24) is 9.13 Å². The van der Waals surface area contributed by atoms with E-state index in [1.165, 1.54) is 11.6 Å². The van der Waals surface area contributed by atoms with Crippen LogP contribution in [0.15, 0.2) is 9.59 Å². The van der Waals surface area contributed by atoms with Gasteiger partial charge in [0.05, 0.1) is 12.6 Å².